The van der Waals surface area contributed by atoms with Crippen molar-refractivity contribution in [2.45, 2.75) is 12.3 Å². The fourth-order valence-electron chi connectivity index (χ4n) is 1.19. The number of nitrogens with one attached hydrogen (secondary N) is 2. The van der Waals surface area contributed by atoms with Crippen LogP contribution in [0.3, 0.4) is 0 Å². The first kappa shape index (κ1) is 15.9. The summed E-state index contributed by atoms with van der Waals surface area (Å²) in [6.07, 6.45) is -3.76. The lowest BCUT2D eigenvalue weighted by atomic mass is 10.3. The Labute approximate surface area is 115 Å². The Morgan fingerprint density at radius 1 is 1.37 bits per heavy atom. The lowest BCUT2D eigenvalue weighted by Crippen LogP contribution is -2.41. The van der Waals surface area contributed by atoms with Gasteiger partial charge in [-0.1, -0.05) is 22.0 Å². The van der Waals surface area contributed by atoms with Crippen molar-refractivity contribution in [2.24, 2.45) is 0 Å². The van der Waals surface area contributed by atoms with Crippen LogP contribution in [-0.4, -0.2) is 31.3 Å². The molecular weight excluding hydrogens is 332 g/mol. The van der Waals surface area contributed by atoms with Crippen molar-refractivity contribution < 1.29 is 22.4 Å². The second-order valence-corrected chi connectivity index (χ2v) is 4.64. The molecule has 0 saturated heterocycles. The Bertz CT molecular complexity index is 442. The molecule has 0 aliphatic heterocycles. The van der Waals surface area contributed by atoms with Gasteiger partial charge in [-0.05, 0) is 18.2 Å². The summed E-state index contributed by atoms with van der Waals surface area (Å²) in [6, 6.07) is 6.65. The lowest BCUT2D eigenvalue weighted by molar-refractivity contribution is -0.127. The van der Waals surface area contributed by atoms with E-state index in [9.17, 15) is 22.4 Å². The minimum Gasteiger partial charge on any atom is -0.325 e. The number of anilines is 1. The largest absolute Gasteiger partial charge is 0.325 e. The highest BCUT2D eigenvalue weighted by molar-refractivity contribution is 9.10. The number of hydrogen-bond acceptors (Lipinski definition) is 2. The van der Waals surface area contributed by atoms with Gasteiger partial charge in [0.15, 0.2) is 0 Å². The summed E-state index contributed by atoms with van der Waals surface area (Å²) in [5.41, 5.74) is 0.474. The molecular formula is C11H11BrF4N2O. The van der Waals surface area contributed by atoms with Gasteiger partial charge in [0.1, 0.15) is 0 Å². The maximum absolute atomic E-state index is 12.5. The Morgan fingerprint density at radius 3 is 2.63 bits per heavy atom. The van der Waals surface area contributed by atoms with Crippen LogP contribution in [0.25, 0.3) is 0 Å². The number of hydrogen-bond donors (Lipinski definition) is 2. The monoisotopic (exact) mass is 342 g/mol. The molecule has 3 nitrogen and oxygen atoms in total. The van der Waals surface area contributed by atoms with Gasteiger partial charge in [-0.25, -0.2) is 8.78 Å². The molecule has 1 rings (SSSR count). The number of rotatable bonds is 6. The smallest absolute Gasteiger partial charge is 0.319 e. The zero-order valence-electron chi connectivity index (χ0n) is 9.60. The fraction of sp³-hybridized carbons (Fsp3) is 0.364. The van der Waals surface area contributed by atoms with Crippen LogP contribution in [0.5, 0.6) is 0 Å². The van der Waals surface area contributed by atoms with E-state index >= 15 is 0 Å². The van der Waals surface area contributed by atoms with E-state index in [0.717, 1.165) is 4.47 Å². The Hall–Kier alpha value is -1.15. The van der Waals surface area contributed by atoms with E-state index in [1.807, 2.05) is 5.32 Å². The first-order valence-electron chi connectivity index (χ1n) is 5.23. The second-order valence-electron chi connectivity index (χ2n) is 3.72. The molecule has 1 amide bonds. The zero-order chi connectivity index (χ0) is 14.5. The molecule has 0 atom stereocenters. The van der Waals surface area contributed by atoms with Crippen LogP contribution in [0.1, 0.15) is 0 Å². The van der Waals surface area contributed by atoms with Gasteiger partial charge < -0.3 is 10.6 Å². The van der Waals surface area contributed by atoms with Gasteiger partial charge in [0.05, 0.1) is 13.1 Å². The second kappa shape index (κ2) is 6.85. The molecule has 0 unspecified atom stereocenters. The van der Waals surface area contributed by atoms with Crippen LogP contribution < -0.4 is 10.6 Å². The first-order chi connectivity index (χ1) is 8.81. The van der Waals surface area contributed by atoms with E-state index in [1.165, 1.54) is 0 Å². The van der Waals surface area contributed by atoms with Crippen molar-refractivity contribution in [2.75, 3.05) is 18.4 Å². The van der Waals surface area contributed by atoms with E-state index in [1.54, 1.807) is 24.3 Å². The van der Waals surface area contributed by atoms with E-state index in [4.69, 9.17) is 0 Å². The number of amides is 1. The molecule has 0 spiro atoms. The third-order valence-electron chi connectivity index (χ3n) is 2.07. The van der Waals surface area contributed by atoms with E-state index < -0.39 is 31.3 Å². The molecule has 106 valence electrons. The van der Waals surface area contributed by atoms with Gasteiger partial charge in [-0.15, -0.1) is 0 Å². The fourth-order valence-corrected chi connectivity index (χ4v) is 1.59. The van der Waals surface area contributed by atoms with Crippen LogP contribution in [0.4, 0.5) is 23.2 Å². The molecule has 0 aromatic heterocycles. The van der Waals surface area contributed by atoms with Gasteiger partial charge in [-0.2, -0.15) is 8.78 Å². The maximum Gasteiger partial charge on any atom is 0.319 e. The van der Waals surface area contributed by atoms with Crippen LogP contribution >= 0.6 is 15.9 Å². The number of carbonyl (C=O) groups excluding carboxylic acids is 1. The quantitative estimate of drug-likeness (QED) is 0.780. The molecule has 2 N–H and O–H groups in total. The van der Waals surface area contributed by atoms with Crippen molar-refractivity contribution in [3.63, 3.8) is 0 Å². The summed E-state index contributed by atoms with van der Waals surface area (Å²) in [4.78, 5) is 11.4. The Morgan fingerprint density at radius 2 is 2.05 bits per heavy atom. The Balaban J connectivity index is 2.37. The van der Waals surface area contributed by atoms with Crippen molar-refractivity contribution >= 4 is 27.5 Å². The summed E-state index contributed by atoms with van der Waals surface area (Å²) < 4.78 is 49.5. The molecule has 0 aliphatic rings. The van der Waals surface area contributed by atoms with Crippen LogP contribution in [-0.2, 0) is 4.79 Å². The number of alkyl halides is 4. The topological polar surface area (TPSA) is 41.1 Å². The molecule has 0 aliphatic carbocycles. The SMILES string of the molecule is O=C(CNCC(F)(F)C(F)F)Nc1cccc(Br)c1. The Kier molecular flexibility index (Phi) is 5.74. The number of carbonyl (C=O) groups is 1. The number of benzene rings is 1. The molecule has 1 aromatic carbocycles. The van der Waals surface area contributed by atoms with Gasteiger partial charge in [-0.3, -0.25) is 4.79 Å². The average Bonchev–Trinajstić information content (AvgIpc) is 2.28. The standard InChI is InChI=1S/C11H11BrF4N2O/c12-7-2-1-3-8(4-7)18-9(19)5-17-6-11(15,16)10(13)14/h1-4,10,17H,5-6H2,(H,18,19). The van der Waals surface area contributed by atoms with Crippen molar-refractivity contribution in [1.29, 1.82) is 0 Å². The van der Waals surface area contributed by atoms with Crippen LogP contribution in [0, 0.1) is 0 Å². The third kappa shape index (κ3) is 5.56. The van der Waals surface area contributed by atoms with Gasteiger partial charge in [0.2, 0.25) is 5.91 Å². The summed E-state index contributed by atoms with van der Waals surface area (Å²) in [5.74, 6) is -4.74. The van der Waals surface area contributed by atoms with Crippen LogP contribution in [0.15, 0.2) is 28.7 Å². The van der Waals surface area contributed by atoms with Crippen molar-refractivity contribution in [3.05, 3.63) is 28.7 Å². The third-order valence-corrected chi connectivity index (χ3v) is 2.57. The molecule has 0 saturated carbocycles. The highest BCUT2D eigenvalue weighted by atomic mass is 79.9. The molecule has 1 aromatic rings. The predicted octanol–water partition coefficient (Wildman–Crippen LogP) is 2.88. The van der Waals surface area contributed by atoms with Crippen LogP contribution in [0.2, 0.25) is 0 Å². The minimum absolute atomic E-state index is 0.474. The van der Waals surface area contributed by atoms with Gasteiger partial charge in [0, 0.05) is 10.2 Å². The zero-order valence-corrected chi connectivity index (χ0v) is 11.2. The summed E-state index contributed by atoms with van der Waals surface area (Å²) >= 11 is 3.20. The van der Waals surface area contributed by atoms with E-state index in [2.05, 4.69) is 21.2 Å². The maximum atomic E-state index is 12.5. The highest BCUT2D eigenvalue weighted by Gasteiger charge is 2.40. The molecule has 19 heavy (non-hydrogen) atoms. The van der Waals surface area contributed by atoms with E-state index in [-0.39, 0.29) is 0 Å². The normalized spacial score (nSPS) is 11.7. The van der Waals surface area contributed by atoms with E-state index in [0.29, 0.717) is 5.69 Å². The summed E-state index contributed by atoms with van der Waals surface area (Å²) in [6.45, 7) is -1.73. The molecule has 0 radical (unpaired) electrons. The molecule has 0 heterocycles. The van der Waals surface area contributed by atoms with Gasteiger partial charge in [0.25, 0.3) is 0 Å². The van der Waals surface area contributed by atoms with Gasteiger partial charge >= 0.3 is 12.3 Å². The summed E-state index contributed by atoms with van der Waals surface area (Å²) in [7, 11) is 0. The average molecular weight is 343 g/mol. The van der Waals surface area contributed by atoms with Crippen molar-refractivity contribution in [1.82, 2.24) is 5.32 Å². The lowest BCUT2D eigenvalue weighted by Gasteiger charge is -2.15. The molecule has 0 fully saturated rings. The molecule has 8 heteroatoms. The minimum atomic E-state index is -4.14. The molecule has 0 bridgehead atoms. The highest BCUT2D eigenvalue weighted by Crippen LogP contribution is 2.21. The first-order valence-corrected chi connectivity index (χ1v) is 6.02. The summed E-state index contributed by atoms with van der Waals surface area (Å²) in [5, 5.41) is 4.42. The predicted molar refractivity (Wildman–Crippen MR) is 66.6 cm³/mol. The van der Waals surface area contributed by atoms with Crippen molar-refractivity contribution in [3.8, 4) is 0 Å². The number of halogens is 5.